The van der Waals surface area contributed by atoms with Gasteiger partial charge in [-0.05, 0) is 37.2 Å². The number of benzene rings is 1. The fourth-order valence-corrected chi connectivity index (χ4v) is 3.54. The van der Waals surface area contributed by atoms with Gasteiger partial charge in [-0.1, -0.05) is 6.92 Å². The van der Waals surface area contributed by atoms with Gasteiger partial charge in [0.1, 0.15) is 17.3 Å². The van der Waals surface area contributed by atoms with E-state index >= 15 is 0 Å². The molecular weight excluding hydrogens is 434 g/mol. The second kappa shape index (κ2) is 9.36. The molecule has 0 saturated carbocycles. The Balaban J connectivity index is 1.71. The van der Waals surface area contributed by atoms with Gasteiger partial charge in [-0.3, -0.25) is 4.79 Å². The van der Waals surface area contributed by atoms with Gasteiger partial charge in [0.05, 0.1) is 24.0 Å². The molecule has 1 aromatic carbocycles. The number of H-pyrrole nitrogens is 1. The number of hydrazone groups is 1. The summed E-state index contributed by atoms with van der Waals surface area (Å²) in [5.74, 6) is -2.58. The Hall–Kier alpha value is -3.80. The maximum Gasteiger partial charge on any atom is 0.251 e. The maximum absolute atomic E-state index is 14.5. The molecular formula is C21H24F2N8O2. The predicted molar refractivity (Wildman–Crippen MR) is 115 cm³/mol. The third-order valence-electron chi connectivity index (χ3n) is 5.27. The van der Waals surface area contributed by atoms with E-state index in [4.69, 9.17) is 10.5 Å². The van der Waals surface area contributed by atoms with Crippen molar-refractivity contribution in [3.8, 4) is 0 Å². The summed E-state index contributed by atoms with van der Waals surface area (Å²) in [7, 11) is 0. The van der Waals surface area contributed by atoms with Crippen LogP contribution in [0.15, 0.2) is 54.3 Å². The van der Waals surface area contributed by atoms with Crippen molar-refractivity contribution in [2.45, 2.75) is 25.5 Å². The number of hydrogen-bond acceptors (Lipinski definition) is 7. The van der Waals surface area contributed by atoms with Crippen molar-refractivity contribution < 1.29 is 18.3 Å². The van der Waals surface area contributed by atoms with E-state index in [-0.39, 0.29) is 24.4 Å². The third kappa shape index (κ3) is 4.42. The summed E-state index contributed by atoms with van der Waals surface area (Å²) in [6.07, 6.45) is 7.02. The minimum Gasteiger partial charge on any atom is -0.441 e. The molecule has 2 unspecified atom stereocenters. The average Bonchev–Trinajstić information content (AvgIpc) is 3.58. The van der Waals surface area contributed by atoms with E-state index in [1.54, 1.807) is 31.6 Å². The van der Waals surface area contributed by atoms with Crippen molar-refractivity contribution in [2.75, 3.05) is 18.5 Å². The van der Waals surface area contributed by atoms with Crippen LogP contribution in [0.4, 0.5) is 8.78 Å². The number of aromatic amines is 1. The van der Waals surface area contributed by atoms with E-state index in [1.807, 2.05) is 0 Å². The molecule has 0 bridgehead atoms. The molecule has 0 fully saturated rings. The summed E-state index contributed by atoms with van der Waals surface area (Å²) in [6.45, 7) is 2.27. The number of aromatic nitrogens is 4. The van der Waals surface area contributed by atoms with Crippen LogP contribution in [0.1, 0.15) is 31.0 Å². The van der Waals surface area contributed by atoms with Gasteiger partial charge >= 0.3 is 0 Å². The van der Waals surface area contributed by atoms with Crippen LogP contribution in [-0.4, -0.2) is 49.8 Å². The lowest BCUT2D eigenvalue weighted by atomic mass is 10.0. The molecule has 10 nitrogen and oxygen atoms in total. The second-order valence-corrected chi connectivity index (χ2v) is 7.63. The molecule has 174 valence electrons. The van der Waals surface area contributed by atoms with Gasteiger partial charge in [0.2, 0.25) is 5.90 Å². The van der Waals surface area contributed by atoms with Gasteiger partial charge in [-0.15, -0.1) is 5.10 Å². The number of carbonyl (C=O) groups excluding carboxylic acids is 1. The number of nitrogens with one attached hydrogen (secondary N) is 2. The zero-order valence-corrected chi connectivity index (χ0v) is 17.9. The lowest BCUT2D eigenvalue weighted by Crippen LogP contribution is -2.48. The van der Waals surface area contributed by atoms with Crippen molar-refractivity contribution in [1.82, 2.24) is 24.9 Å². The van der Waals surface area contributed by atoms with Crippen LogP contribution in [0.2, 0.25) is 0 Å². The van der Waals surface area contributed by atoms with Crippen LogP contribution in [0, 0.1) is 17.6 Å². The fraction of sp³-hybridized carbons (Fsp3) is 0.333. The number of amides is 1. The van der Waals surface area contributed by atoms with Gasteiger partial charge < -0.3 is 20.9 Å². The van der Waals surface area contributed by atoms with Crippen molar-refractivity contribution in [3.63, 3.8) is 0 Å². The van der Waals surface area contributed by atoms with E-state index in [9.17, 15) is 13.6 Å². The molecule has 2 atom stereocenters. The first-order chi connectivity index (χ1) is 15.9. The molecule has 0 aliphatic carbocycles. The molecule has 0 radical (unpaired) electrons. The van der Waals surface area contributed by atoms with E-state index in [0.717, 1.165) is 23.2 Å². The Bertz CT molecular complexity index is 1120. The molecule has 1 amide bonds. The zero-order valence-electron chi connectivity index (χ0n) is 17.9. The fourth-order valence-electron chi connectivity index (χ4n) is 3.54. The first kappa shape index (κ1) is 22.4. The molecule has 12 heteroatoms. The third-order valence-corrected chi connectivity index (χ3v) is 5.27. The Morgan fingerprint density at radius 3 is 2.94 bits per heavy atom. The molecule has 4 rings (SSSR count). The smallest absolute Gasteiger partial charge is 0.251 e. The molecule has 1 aliphatic heterocycles. The van der Waals surface area contributed by atoms with Crippen LogP contribution < -0.4 is 11.2 Å². The number of imidazole rings is 1. The average molecular weight is 458 g/mol. The summed E-state index contributed by atoms with van der Waals surface area (Å²) in [5.41, 5.74) is 7.45. The van der Waals surface area contributed by atoms with E-state index in [2.05, 4.69) is 25.6 Å². The molecule has 3 aromatic rings. The number of carbonyl (C=O) groups is 1. The van der Waals surface area contributed by atoms with Crippen molar-refractivity contribution in [2.24, 2.45) is 16.8 Å². The minimum absolute atomic E-state index is 0.194. The predicted octanol–water partition coefficient (Wildman–Crippen LogP) is 1.88. The summed E-state index contributed by atoms with van der Waals surface area (Å²) in [6, 6.07) is 4.69. The van der Waals surface area contributed by atoms with Crippen molar-refractivity contribution >= 4 is 11.8 Å². The lowest BCUT2D eigenvalue weighted by Gasteiger charge is -2.34. The highest BCUT2D eigenvalue weighted by molar-refractivity contribution is 5.97. The number of halogens is 2. The summed E-state index contributed by atoms with van der Waals surface area (Å²) in [4.78, 5) is 22.2. The van der Waals surface area contributed by atoms with E-state index in [1.165, 1.54) is 11.1 Å². The molecule has 1 aliphatic rings. The number of rotatable bonds is 9. The summed E-state index contributed by atoms with van der Waals surface area (Å²) < 4.78 is 34.5. The van der Waals surface area contributed by atoms with Gasteiger partial charge in [0.15, 0.2) is 0 Å². The quantitative estimate of drug-likeness (QED) is 0.449. The largest absolute Gasteiger partial charge is 0.441 e. The summed E-state index contributed by atoms with van der Waals surface area (Å²) in [5, 5.41) is 9.52. The van der Waals surface area contributed by atoms with Crippen molar-refractivity contribution in [3.05, 3.63) is 72.1 Å². The van der Waals surface area contributed by atoms with E-state index in [0.29, 0.717) is 18.7 Å². The van der Waals surface area contributed by atoms with E-state index < -0.39 is 29.2 Å². The standard InChI is InChI=1S/C21H24F2N8O2/c1-14(11-28-30-9-3-8-27-30)20(32)31-21(6-2-7-24,18-12-25-13-26-18)33-19(29-31)16-10-15(22)4-5-17(16)23/h3-5,8-10,12-14,28H,2,6-7,11,24H2,1H3,(H,25,26). The first-order valence-electron chi connectivity index (χ1n) is 10.4. The molecule has 0 spiro atoms. The first-order valence-corrected chi connectivity index (χ1v) is 10.4. The van der Waals surface area contributed by atoms with Crippen LogP contribution in [-0.2, 0) is 15.3 Å². The van der Waals surface area contributed by atoms with Gasteiger partial charge in [-0.2, -0.15) is 14.9 Å². The molecule has 2 aromatic heterocycles. The molecule has 0 saturated heterocycles. The Morgan fingerprint density at radius 2 is 2.24 bits per heavy atom. The highest BCUT2D eigenvalue weighted by atomic mass is 19.1. The van der Waals surface area contributed by atoms with Crippen molar-refractivity contribution in [1.29, 1.82) is 0 Å². The van der Waals surface area contributed by atoms with Crippen LogP contribution in [0.5, 0.6) is 0 Å². The molecule has 3 heterocycles. The van der Waals surface area contributed by atoms with Gasteiger partial charge in [0.25, 0.3) is 11.6 Å². The Kier molecular flexibility index (Phi) is 6.36. The SMILES string of the molecule is CC(CNn1cccn1)C(=O)N1N=C(c2cc(F)ccc2F)OC1(CCCN)c1c[nH]cn1. The zero-order chi connectivity index (χ0) is 23.4. The lowest BCUT2D eigenvalue weighted by molar-refractivity contribution is -0.157. The maximum atomic E-state index is 14.5. The monoisotopic (exact) mass is 458 g/mol. The highest BCUT2D eigenvalue weighted by Gasteiger charge is 2.52. The number of nitrogens with two attached hydrogens (primary N) is 1. The second-order valence-electron chi connectivity index (χ2n) is 7.63. The number of hydrogen-bond donors (Lipinski definition) is 3. The topological polar surface area (TPSA) is 126 Å². The van der Waals surface area contributed by atoms with Gasteiger partial charge in [0, 0.05) is 25.4 Å². The normalized spacial score (nSPS) is 18.7. The Labute approximate surface area is 188 Å². The summed E-state index contributed by atoms with van der Waals surface area (Å²) >= 11 is 0. The number of nitrogens with zero attached hydrogens (tertiary/aromatic N) is 5. The molecule has 33 heavy (non-hydrogen) atoms. The van der Waals surface area contributed by atoms with Gasteiger partial charge in [-0.25, -0.2) is 13.8 Å². The number of ether oxygens (including phenoxy) is 1. The molecule has 4 N–H and O–H groups in total. The highest BCUT2D eigenvalue weighted by Crippen LogP contribution is 2.40. The minimum atomic E-state index is -1.47. The van der Waals surface area contributed by atoms with Crippen LogP contribution in [0.25, 0.3) is 0 Å². The van der Waals surface area contributed by atoms with Crippen LogP contribution >= 0.6 is 0 Å². The Morgan fingerprint density at radius 1 is 1.39 bits per heavy atom. The van der Waals surface area contributed by atoms with Crippen LogP contribution in [0.3, 0.4) is 0 Å².